The highest BCUT2D eigenvalue weighted by atomic mass is 32.3. The second-order valence-corrected chi connectivity index (χ2v) is 4.17. The molecule has 0 saturated carbocycles. The van der Waals surface area contributed by atoms with Crippen molar-refractivity contribution in [1.29, 1.82) is 0 Å². The molecule has 0 fully saturated rings. The highest BCUT2D eigenvalue weighted by Crippen LogP contribution is 2.45. The molecule has 0 radical (unpaired) electrons. The van der Waals surface area contributed by atoms with Crippen LogP contribution in [0, 0.1) is 0 Å². The van der Waals surface area contributed by atoms with Crippen LogP contribution in [0.3, 0.4) is 0 Å². The lowest BCUT2D eigenvalue weighted by Crippen LogP contribution is -2.26. The molecule has 0 atom stereocenters. The van der Waals surface area contributed by atoms with Crippen LogP contribution in [0.15, 0.2) is 6.07 Å². The Morgan fingerprint density at radius 3 is 2.47 bits per heavy atom. The molecule has 1 aromatic heterocycles. The van der Waals surface area contributed by atoms with Gasteiger partial charge in [-0.05, 0) is 0 Å². The summed E-state index contributed by atoms with van der Waals surface area (Å²) < 4.78 is 67.6. The van der Waals surface area contributed by atoms with Gasteiger partial charge in [-0.2, -0.15) is 13.2 Å². The van der Waals surface area contributed by atoms with E-state index in [1.807, 2.05) is 0 Å². The Morgan fingerprint density at radius 1 is 1.35 bits per heavy atom. The number of fused-ring (bicyclic) bond motifs is 2. The number of hydrogen-bond donors (Lipinski definition) is 1. The average molecular weight is 271 g/mol. The van der Waals surface area contributed by atoms with Gasteiger partial charge in [0.1, 0.15) is 0 Å². The zero-order chi connectivity index (χ0) is 12.8. The summed E-state index contributed by atoms with van der Waals surface area (Å²) in [5.41, 5.74) is -1.62. The van der Waals surface area contributed by atoms with Crippen LogP contribution in [-0.2, 0) is 23.2 Å². The first kappa shape index (κ1) is 11.9. The van der Waals surface area contributed by atoms with Gasteiger partial charge in [0, 0.05) is 6.07 Å². The van der Waals surface area contributed by atoms with Gasteiger partial charge in [0.05, 0.1) is 12.3 Å². The highest BCUT2D eigenvalue weighted by Gasteiger charge is 2.45. The maximum Gasteiger partial charge on any atom is 0.502 e. The molecule has 10 heteroatoms. The Bertz CT molecular complexity index is 534. The molecule has 6 nitrogen and oxygen atoms in total. The van der Waals surface area contributed by atoms with Crippen molar-refractivity contribution in [2.45, 2.75) is 12.8 Å². The number of nitrogens with zero attached hydrogens (tertiary/aromatic N) is 1. The van der Waals surface area contributed by atoms with Crippen molar-refractivity contribution in [2.75, 3.05) is 0 Å². The van der Waals surface area contributed by atoms with Gasteiger partial charge in [-0.25, -0.2) is 4.98 Å². The van der Waals surface area contributed by atoms with Gasteiger partial charge in [-0.3, -0.25) is 0 Å². The van der Waals surface area contributed by atoms with E-state index < -0.39 is 40.4 Å². The molecule has 94 valence electrons. The fourth-order valence-corrected chi connectivity index (χ4v) is 1.94. The number of pyridine rings is 1. The Labute approximate surface area is 92.9 Å². The minimum Gasteiger partial charge on any atom is -0.390 e. The van der Waals surface area contributed by atoms with Gasteiger partial charge >= 0.3 is 16.6 Å². The normalized spacial score (nSPS) is 17.2. The Morgan fingerprint density at radius 2 is 2.00 bits per heavy atom. The van der Waals surface area contributed by atoms with Gasteiger partial charge in [0.15, 0.2) is 11.3 Å². The summed E-state index contributed by atoms with van der Waals surface area (Å²) in [4.78, 5) is 3.23. The lowest BCUT2D eigenvalue weighted by molar-refractivity contribution is -0.140. The SMILES string of the molecule is O=S1(=O)Oc2cc(CO)nc(c2C(F)(F)F)O1. The van der Waals surface area contributed by atoms with E-state index in [9.17, 15) is 21.6 Å². The van der Waals surface area contributed by atoms with Crippen molar-refractivity contribution >= 4 is 10.4 Å². The molecule has 0 unspecified atom stereocenters. The fourth-order valence-electron chi connectivity index (χ4n) is 1.24. The van der Waals surface area contributed by atoms with E-state index in [2.05, 4.69) is 13.4 Å². The first-order chi connectivity index (χ1) is 7.73. The van der Waals surface area contributed by atoms with E-state index in [-0.39, 0.29) is 5.69 Å². The Kier molecular flexibility index (Phi) is 2.43. The molecule has 1 aliphatic rings. The summed E-state index contributed by atoms with van der Waals surface area (Å²) >= 11 is 0. The first-order valence-corrected chi connectivity index (χ1v) is 5.42. The lowest BCUT2D eigenvalue weighted by Gasteiger charge is -2.21. The largest absolute Gasteiger partial charge is 0.502 e. The maximum absolute atomic E-state index is 12.6. The minimum absolute atomic E-state index is 0.196. The molecule has 0 amide bonds. The van der Waals surface area contributed by atoms with Crippen LogP contribution < -0.4 is 8.37 Å². The second kappa shape index (κ2) is 3.47. The number of rotatable bonds is 1. The molecule has 1 aromatic rings. The summed E-state index contributed by atoms with van der Waals surface area (Å²) in [6, 6.07) is 0.687. The standard InChI is InChI=1S/C7H4F3NO5S/c8-7(9,10)5-4-1-3(2-12)11-6(5)16-17(13,14)15-4/h1,12H,2H2. The van der Waals surface area contributed by atoms with Crippen molar-refractivity contribution in [3.63, 3.8) is 0 Å². The molecule has 0 aliphatic carbocycles. The zero-order valence-electron chi connectivity index (χ0n) is 7.85. The van der Waals surface area contributed by atoms with Gasteiger partial charge in [-0.15, -0.1) is 8.42 Å². The molecule has 0 saturated heterocycles. The molecule has 2 heterocycles. The molecule has 1 aliphatic heterocycles. The predicted molar refractivity (Wildman–Crippen MR) is 45.3 cm³/mol. The molecule has 17 heavy (non-hydrogen) atoms. The summed E-state index contributed by atoms with van der Waals surface area (Å²) in [7, 11) is -4.58. The average Bonchev–Trinajstić information content (AvgIpc) is 2.11. The van der Waals surface area contributed by atoms with E-state index in [0.29, 0.717) is 6.07 Å². The van der Waals surface area contributed by atoms with E-state index in [0.717, 1.165) is 0 Å². The lowest BCUT2D eigenvalue weighted by atomic mass is 10.2. The number of hydrogen-bond acceptors (Lipinski definition) is 6. The summed E-state index contributed by atoms with van der Waals surface area (Å²) in [5, 5.41) is 8.73. The van der Waals surface area contributed by atoms with Gasteiger partial charge in [0.2, 0.25) is 0 Å². The summed E-state index contributed by atoms with van der Waals surface area (Å²) in [5.74, 6) is -2.11. The monoisotopic (exact) mass is 271 g/mol. The first-order valence-electron chi connectivity index (χ1n) is 4.09. The minimum atomic E-state index is -4.87. The van der Waals surface area contributed by atoms with Gasteiger partial charge in [-0.1, -0.05) is 0 Å². The van der Waals surface area contributed by atoms with Crippen molar-refractivity contribution in [3.8, 4) is 11.6 Å². The van der Waals surface area contributed by atoms with Gasteiger partial charge < -0.3 is 13.5 Å². The van der Waals surface area contributed by atoms with Crippen molar-refractivity contribution < 1.29 is 35.1 Å². The highest BCUT2D eigenvalue weighted by molar-refractivity contribution is 7.82. The van der Waals surface area contributed by atoms with Crippen LogP contribution >= 0.6 is 0 Å². The Hall–Kier alpha value is -1.55. The molecule has 2 bridgehead atoms. The van der Waals surface area contributed by atoms with Crippen molar-refractivity contribution in [3.05, 3.63) is 17.3 Å². The molecule has 1 N–H and O–H groups in total. The summed E-state index contributed by atoms with van der Waals surface area (Å²) in [6.45, 7) is -0.676. The second-order valence-electron chi connectivity index (χ2n) is 3.02. The van der Waals surface area contributed by atoms with E-state index in [1.54, 1.807) is 0 Å². The summed E-state index contributed by atoms with van der Waals surface area (Å²) in [6.07, 6.45) is -4.87. The number of halogens is 3. The number of aliphatic hydroxyl groups excluding tert-OH is 1. The molecular formula is C7H4F3NO5S. The molecule has 0 aromatic carbocycles. The number of alkyl halides is 3. The van der Waals surface area contributed by atoms with Gasteiger partial charge in [0.25, 0.3) is 5.88 Å². The topological polar surface area (TPSA) is 85.7 Å². The van der Waals surface area contributed by atoms with Crippen LogP contribution in [-0.4, -0.2) is 18.5 Å². The van der Waals surface area contributed by atoms with E-state index >= 15 is 0 Å². The van der Waals surface area contributed by atoms with Crippen LogP contribution in [0.4, 0.5) is 13.2 Å². The molecular weight excluding hydrogens is 267 g/mol. The van der Waals surface area contributed by atoms with Crippen LogP contribution in [0.25, 0.3) is 0 Å². The maximum atomic E-state index is 12.6. The Balaban J connectivity index is 2.68. The van der Waals surface area contributed by atoms with E-state index in [1.165, 1.54) is 0 Å². The zero-order valence-corrected chi connectivity index (χ0v) is 8.67. The third kappa shape index (κ3) is 2.13. The van der Waals surface area contributed by atoms with Crippen molar-refractivity contribution in [1.82, 2.24) is 4.98 Å². The number of aliphatic hydroxyl groups is 1. The van der Waals surface area contributed by atoms with Crippen LogP contribution in [0.5, 0.6) is 11.6 Å². The van der Waals surface area contributed by atoms with E-state index in [4.69, 9.17) is 5.11 Å². The smallest absolute Gasteiger partial charge is 0.390 e. The quantitative estimate of drug-likeness (QED) is 0.805. The van der Waals surface area contributed by atoms with Crippen molar-refractivity contribution in [2.24, 2.45) is 0 Å². The molecule has 0 spiro atoms. The third-order valence-electron chi connectivity index (χ3n) is 1.82. The fraction of sp³-hybridized carbons (Fsp3) is 0.286. The van der Waals surface area contributed by atoms with Crippen LogP contribution in [0.1, 0.15) is 11.3 Å². The number of aromatic nitrogens is 1. The molecule has 2 rings (SSSR count). The third-order valence-corrected chi connectivity index (χ3v) is 2.57. The van der Waals surface area contributed by atoms with Crippen LogP contribution in [0.2, 0.25) is 0 Å². The predicted octanol–water partition coefficient (Wildman–Crippen LogP) is 0.609.